The van der Waals surface area contributed by atoms with Gasteiger partial charge in [-0.05, 0) is 49.6 Å². The fourth-order valence-corrected chi connectivity index (χ4v) is 4.78. The molecule has 148 valence electrons. The van der Waals surface area contributed by atoms with E-state index < -0.39 is 10.0 Å². The van der Waals surface area contributed by atoms with Crippen molar-refractivity contribution >= 4 is 44.7 Å². The molecule has 0 aromatic heterocycles. The SMILES string of the molecule is O=C(Nc1ccc(N2CCCCC2)c(Cl)c1)C1=CN2CCS(=O)(=O)N=C2C=C1. The summed E-state index contributed by atoms with van der Waals surface area (Å²) in [6.07, 6.45) is 8.30. The highest BCUT2D eigenvalue weighted by Crippen LogP contribution is 2.31. The summed E-state index contributed by atoms with van der Waals surface area (Å²) in [5, 5.41) is 3.46. The lowest BCUT2D eigenvalue weighted by Gasteiger charge is -2.29. The average molecular weight is 421 g/mol. The minimum Gasteiger partial charge on any atom is -0.370 e. The van der Waals surface area contributed by atoms with Gasteiger partial charge in [0.2, 0.25) is 0 Å². The maximum Gasteiger partial charge on any atom is 0.257 e. The number of anilines is 2. The Hall–Kier alpha value is -2.32. The number of rotatable bonds is 3. The minimum atomic E-state index is -3.41. The van der Waals surface area contributed by atoms with Crippen molar-refractivity contribution in [2.24, 2.45) is 4.40 Å². The van der Waals surface area contributed by atoms with Crippen LogP contribution in [0.3, 0.4) is 0 Å². The molecule has 1 aromatic carbocycles. The van der Waals surface area contributed by atoms with Crippen LogP contribution in [0.25, 0.3) is 0 Å². The van der Waals surface area contributed by atoms with Gasteiger partial charge in [-0.15, -0.1) is 4.40 Å². The van der Waals surface area contributed by atoms with Crippen LogP contribution < -0.4 is 10.2 Å². The number of piperidine rings is 1. The van der Waals surface area contributed by atoms with E-state index in [0.29, 0.717) is 22.1 Å². The Morgan fingerprint density at radius 1 is 1.11 bits per heavy atom. The molecule has 0 atom stereocenters. The van der Waals surface area contributed by atoms with Crippen molar-refractivity contribution in [3.05, 3.63) is 47.1 Å². The fraction of sp³-hybridized carbons (Fsp3) is 0.368. The topological polar surface area (TPSA) is 82.1 Å². The van der Waals surface area contributed by atoms with Crippen LogP contribution in [0.4, 0.5) is 11.4 Å². The molecule has 9 heteroatoms. The molecule has 0 radical (unpaired) electrons. The van der Waals surface area contributed by atoms with Crippen LogP contribution in [-0.4, -0.2) is 50.4 Å². The second-order valence-corrected chi connectivity index (χ2v) is 9.18. The molecule has 3 aliphatic heterocycles. The molecule has 1 aromatic rings. The number of carbonyl (C=O) groups excluding carboxylic acids is 1. The summed E-state index contributed by atoms with van der Waals surface area (Å²) < 4.78 is 26.9. The number of hydrogen-bond donors (Lipinski definition) is 1. The largest absolute Gasteiger partial charge is 0.370 e. The first kappa shape index (κ1) is 19.0. The van der Waals surface area contributed by atoms with Gasteiger partial charge in [0.1, 0.15) is 5.84 Å². The summed E-state index contributed by atoms with van der Waals surface area (Å²) in [4.78, 5) is 16.5. The molecule has 0 bridgehead atoms. The summed E-state index contributed by atoms with van der Waals surface area (Å²) in [7, 11) is -3.41. The summed E-state index contributed by atoms with van der Waals surface area (Å²) in [5.74, 6) is -0.0224. The van der Waals surface area contributed by atoms with E-state index >= 15 is 0 Å². The number of amidine groups is 1. The number of hydrogen-bond acceptors (Lipinski definition) is 5. The highest BCUT2D eigenvalue weighted by Gasteiger charge is 2.25. The Bertz CT molecular complexity index is 994. The van der Waals surface area contributed by atoms with E-state index in [2.05, 4.69) is 14.6 Å². The molecule has 0 saturated carbocycles. The predicted molar refractivity (Wildman–Crippen MR) is 111 cm³/mol. The standard InChI is InChI=1S/C19H21ClN4O3S/c20-16-12-15(5-6-17(16)23-8-2-1-3-9-23)21-19(25)14-4-7-18-22-28(26,27)11-10-24(18)13-14/h4-7,12-13H,1-3,8-11H2,(H,21,25). The second kappa shape index (κ2) is 7.60. The molecule has 1 saturated heterocycles. The highest BCUT2D eigenvalue weighted by molar-refractivity contribution is 7.90. The zero-order valence-corrected chi connectivity index (χ0v) is 16.8. The van der Waals surface area contributed by atoms with Gasteiger partial charge in [0.15, 0.2) is 0 Å². The number of nitrogens with zero attached hydrogens (tertiary/aromatic N) is 3. The molecule has 3 heterocycles. The Morgan fingerprint density at radius 3 is 2.64 bits per heavy atom. The lowest BCUT2D eigenvalue weighted by molar-refractivity contribution is -0.112. The van der Waals surface area contributed by atoms with Crippen LogP contribution in [0, 0.1) is 0 Å². The number of amides is 1. The molecule has 4 rings (SSSR count). The smallest absolute Gasteiger partial charge is 0.257 e. The van der Waals surface area contributed by atoms with Crippen LogP contribution in [0.5, 0.6) is 0 Å². The van der Waals surface area contributed by atoms with Crippen molar-refractivity contribution in [2.75, 3.05) is 35.6 Å². The van der Waals surface area contributed by atoms with E-state index in [1.165, 1.54) is 25.3 Å². The van der Waals surface area contributed by atoms with Crippen LogP contribution in [0.1, 0.15) is 19.3 Å². The molecule has 28 heavy (non-hydrogen) atoms. The molecule has 1 N–H and O–H groups in total. The van der Waals surface area contributed by atoms with Crippen molar-refractivity contribution in [3.8, 4) is 0 Å². The summed E-state index contributed by atoms with van der Waals surface area (Å²) in [5.41, 5.74) is 2.03. The average Bonchev–Trinajstić information content (AvgIpc) is 2.67. The maximum absolute atomic E-state index is 12.6. The summed E-state index contributed by atoms with van der Waals surface area (Å²) in [6, 6.07) is 5.55. The van der Waals surface area contributed by atoms with E-state index in [1.54, 1.807) is 23.2 Å². The third-order valence-electron chi connectivity index (χ3n) is 4.99. The first-order valence-electron chi connectivity index (χ1n) is 9.26. The Morgan fingerprint density at radius 2 is 1.89 bits per heavy atom. The van der Waals surface area contributed by atoms with Crippen molar-refractivity contribution < 1.29 is 13.2 Å². The molecule has 1 fully saturated rings. The number of sulfonamides is 1. The van der Waals surface area contributed by atoms with E-state index in [-0.39, 0.29) is 18.2 Å². The number of benzene rings is 1. The highest BCUT2D eigenvalue weighted by atomic mass is 35.5. The molecule has 0 spiro atoms. The summed E-state index contributed by atoms with van der Waals surface area (Å²) >= 11 is 6.45. The van der Waals surface area contributed by atoms with E-state index in [4.69, 9.17) is 11.6 Å². The van der Waals surface area contributed by atoms with Gasteiger partial charge in [0.25, 0.3) is 15.9 Å². The zero-order valence-electron chi connectivity index (χ0n) is 15.3. The van der Waals surface area contributed by atoms with Gasteiger partial charge in [-0.1, -0.05) is 11.6 Å². The number of fused-ring (bicyclic) bond motifs is 1. The van der Waals surface area contributed by atoms with Gasteiger partial charge >= 0.3 is 0 Å². The van der Waals surface area contributed by atoms with E-state index in [0.717, 1.165) is 18.8 Å². The van der Waals surface area contributed by atoms with Gasteiger partial charge < -0.3 is 15.1 Å². The molecule has 7 nitrogen and oxygen atoms in total. The number of carbonyl (C=O) groups is 1. The lowest BCUT2D eigenvalue weighted by atomic mass is 10.1. The fourth-order valence-electron chi connectivity index (χ4n) is 3.51. The Kier molecular flexibility index (Phi) is 5.16. The normalized spacial score (nSPS) is 20.9. The quantitative estimate of drug-likeness (QED) is 0.813. The number of nitrogens with one attached hydrogen (secondary N) is 1. The van der Waals surface area contributed by atoms with Gasteiger partial charge in [0, 0.05) is 31.5 Å². The third kappa shape index (κ3) is 4.07. The molecule has 0 aliphatic carbocycles. The molecule has 3 aliphatic rings. The molecule has 0 unspecified atom stereocenters. The van der Waals surface area contributed by atoms with Gasteiger partial charge in [-0.3, -0.25) is 4.79 Å². The molecular weight excluding hydrogens is 400 g/mol. The van der Waals surface area contributed by atoms with Crippen molar-refractivity contribution in [1.82, 2.24) is 4.90 Å². The van der Waals surface area contributed by atoms with Crippen molar-refractivity contribution in [3.63, 3.8) is 0 Å². The van der Waals surface area contributed by atoms with Crippen molar-refractivity contribution in [2.45, 2.75) is 19.3 Å². The van der Waals surface area contributed by atoms with Crippen LogP contribution in [-0.2, 0) is 14.8 Å². The van der Waals surface area contributed by atoms with Crippen LogP contribution in [0.15, 0.2) is 46.5 Å². The molecular formula is C19H21ClN4O3S. The zero-order chi connectivity index (χ0) is 19.7. The van der Waals surface area contributed by atoms with Gasteiger partial charge in [-0.25, -0.2) is 8.42 Å². The van der Waals surface area contributed by atoms with Gasteiger partial charge in [-0.2, -0.15) is 0 Å². The first-order valence-corrected chi connectivity index (χ1v) is 11.2. The predicted octanol–water partition coefficient (Wildman–Crippen LogP) is 2.77. The van der Waals surface area contributed by atoms with E-state index in [9.17, 15) is 13.2 Å². The third-order valence-corrected chi connectivity index (χ3v) is 6.45. The van der Waals surface area contributed by atoms with Crippen molar-refractivity contribution in [1.29, 1.82) is 0 Å². The summed E-state index contributed by atoms with van der Waals surface area (Å²) in [6.45, 7) is 2.27. The van der Waals surface area contributed by atoms with Crippen LogP contribution >= 0.6 is 11.6 Å². The molecule has 1 amide bonds. The second-order valence-electron chi connectivity index (χ2n) is 7.01. The lowest BCUT2D eigenvalue weighted by Crippen LogP contribution is -2.37. The van der Waals surface area contributed by atoms with Gasteiger partial charge in [0.05, 0.1) is 22.0 Å². The minimum absolute atomic E-state index is 0.0662. The van der Waals surface area contributed by atoms with E-state index in [1.807, 2.05) is 12.1 Å². The number of halogens is 1. The Labute approximate surface area is 169 Å². The Balaban J connectivity index is 1.46. The first-order chi connectivity index (χ1) is 13.4. The van der Waals surface area contributed by atoms with Crippen LogP contribution in [0.2, 0.25) is 5.02 Å². The maximum atomic E-state index is 12.6. The monoisotopic (exact) mass is 420 g/mol.